The van der Waals surface area contributed by atoms with Crippen molar-refractivity contribution in [2.45, 2.75) is 25.7 Å². The third-order valence-electron chi connectivity index (χ3n) is 3.51. The van der Waals surface area contributed by atoms with Gasteiger partial charge < -0.3 is 5.32 Å². The molecule has 0 bridgehead atoms. The zero-order valence-electron chi connectivity index (χ0n) is 11.4. The van der Waals surface area contributed by atoms with Gasteiger partial charge in [-0.25, -0.2) is 14.4 Å². The molecule has 1 aromatic heterocycles. The Bertz CT molecular complexity index is 668. The van der Waals surface area contributed by atoms with Gasteiger partial charge in [0, 0.05) is 18.5 Å². The zero-order chi connectivity index (χ0) is 14.3. The number of hydrogen-bond acceptors (Lipinski definition) is 3. The topological polar surface area (TPSA) is 37.8 Å². The molecule has 5 heteroatoms. The quantitative estimate of drug-likeness (QED) is 0.811. The number of anilines is 1. The molecule has 0 saturated heterocycles. The van der Waals surface area contributed by atoms with Gasteiger partial charge in [0.1, 0.15) is 11.6 Å². The van der Waals surface area contributed by atoms with Gasteiger partial charge in [0.05, 0.1) is 9.26 Å². The Balaban J connectivity index is 2.15. The van der Waals surface area contributed by atoms with Gasteiger partial charge in [0.15, 0.2) is 5.82 Å². The van der Waals surface area contributed by atoms with Crippen molar-refractivity contribution >= 4 is 28.4 Å². The van der Waals surface area contributed by atoms with Crippen molar-refractivity contribution in [2.24, 2.45) is 0 Å². The van der Waals surface area contributed by atoms with Gasteiger partial charge in [-0.3, -0.25) is 0 Å². The first-order valence-corrected chi connectivity index (χ1v) is 7.69. The van der Waals surface area contributed by atoms with Crippen molar-refractivity contribution in [1.82, 2.24) is 9.97 Å². The predicted molar refractivity (Wildman–Crippen MR) is 86.4 cm³/mol. The maximum Gasteiger partial charge on any atom is 0.162 e. The van der Waals surface area contributed by atoms with E-state index in [4.69, 9.17) is 4.98 Å². The number of aryl methyl sites for hydroxylation is 1. The van der Waals surface area contributed by atoms with E-state index in [9.17, 15) is 4.39 Å². The normalized spacial score (nSPS) is 14.4. The maximum absolute atomic E-state index is 13.2. The van der Waals surface area contributed by atoms with Crippen LogP contribution in [0.5, 0.6) is 0 Å². The summed E-state index contributed by atoms with van der Waals surface area (Å²) in [5.74, 6) is 1.85. The molecule has 1 aromatic carbocycles. The van der Waals surface area contributed by atoms with E-state index in [1.165, 1.54) is 25.0 Å². The molecule has 1 N–H and O–H groups in total. The molecular formula is C15H15FIN3. The Morgan fingerprint density at radius 3 is 2.65 bits per heavy atom. The second-order valence-electron chi connectivity index (χ2n) is 5.08. The fourth-order valence-electron chi connectivity index (χ4n) is 2.26. The molecule has 0 amide bonds. The number of hydrogen-bond donors (Lipinski definition) is 1. The zero-order valence-corrected chi connectivity index (χ0v) is 13.5. The van der Waals surface area contributed by atoms with Crippen LogP contribution in [0.25, 0.3) is 11.4 Å². The lowest BCUT2D eigenvalue weighted by molar-refractivity contribution is 0.627. The molecule has 0 atom stereocenters. The minimum absolute atomic E-state index is 0.229. The summed E-state index contributed by atoms with van der Waals surface area (Å²) in [6.07, 6.45) is 2.38. The van der Waals surface area contributed by atoms with Crippen molar-refractivity contribution in [3.8, 4) is 11.4 Å². The van der Waals surface area contributed by atoms with Crippen LogP contribution in [0.2, 0.25) is 0 Å². The Morgan fingerprint density at radius 2 is 2.05 bits per heavy atom. The molecule has 2 aromatic rings. The van der Waals surface area contributed by atoms with E-state index in [0.29, 0.717) is 11.7 Å². The van der Waals surface area contributed by atoms with Crippen molar-refractivity contribution in [3.05, 3.63) is 38.8 Å². The summed E-state index contributed by atoms with van der Waals surface area (Å²) in [5.41, 5.74) is 2.86. The molecule has 1 aliphatic carbocycles. The average Bonchev–Trinajstić information content (AvgIpc) is 3.24. The molecular weight excluding hydrogens is 368 g/mol. The van der Waals surface area contributed by atoms with Crippen LogP contribution in [0.4, 0.5) is 10.2 Å². The van der Waals surface area contributed by atoms with Gasteiger partial charge in [-0.05, 0) is 66.1 Å². The van der Waals surface area contributed by atoms with Crippen molar-refractivity contribution in [2.75, 3.05) is 12.4 Å². The summed E-state index contributed by atoms with van der Waals surface area (Å²) < 4.78 is 14.3. The lowest BCUT2D eigenvalue weighted by Gasteiger charge is -2.12. The van der Waals surface area contributed by atoms with E-state index in [1.807, 2.05) is 14.0 Å². The summed E-state index contributed by atoms with van der Waals surface area (Å²) in [4.78, 5) is 9.29. The van der Waals surface area contributed by atoms with Crippen LogP contribution in [-0.2, 0) is 0 Å². The van der Waals surface area contributed by atoms with Gasteiger partial charge in [-0.15, -0.1) is 0 Å². The molecule has 1 saturated carbocycles. The molecule has 1 aliphatic rings. The minimum atomic E-state index is -0.229. The minimum Gasteiger partial charge on any atom is -0.372 e. The van der Waals surface area contributed by atoms with Gasteiger partial charge in [0.25, 0.3) is 0 Å². The molecule has 104 valence electrons. The van der Waals surface area contributed by atoms with Crippen LogP contribution in [0.15, 0.2) is 18.2 Å². The monoisotopic (exact) mass is 383 g/mol. The number of aromatic nitrogens is 2. The standard InChI is InChI=1S/C15H15FIN3/c1-8-7-10(16)5-6-11(8)14-19-13(9-3-4-9)12(17)15(18-2)20-14/h5-7,9H,3-4H2,1-2H3,(H,18,19,20). The third-order valence-corrected chi connectivity index (χ3v) is 4.57. The summed E-state index contributed by atoms with van der Waals surface area (Å²) in [7, 11) is 1.86. The molecule has 1 fully saturated rings. The number of halogens is 2. The highest BCUT2D eigenvalue weighted by molar-refractivity contribution is 14.1. The van der Waals surface area contributed by atoms with Gasteiger partial charge in [0.2, 0.25) is 0 Å². The summed E-state index contributed by atoms with van der Waals surface area (Å²) in [6, 6.07) is 4.73. The van der Waals surface area contributed by atoms with Crippen LogP contribution in [0.1, 0.15) is 30.0 Å². The first-order valence-electron chi connectivity index (χ1n) is 6.62. The number of rotatable bonds is 3. The van der Waals surface area contributed by atoms with Crippen molar-refractivity contribution in [1.29, 1.82) is 0 Å². The molecule has 0 spiro atoms. The van der Waals surface area contributed by atoms with Crippen molar-refractivity contribution < 1.29 is 4.39 Å². The lowest BCUT2D eigenvalue weighted by atomic mass is 10.1. The molecule has 3 nitrogen and oxygen atoms in total. The Hall–Kier alpha value is -1.24. The fraction of sp³-hybridized carbons (Fsp3) is 0.333. The molecule has 20 heavy (non-hydrogen) atoms. The van der Waals surface area contributed by atoms with Gasteiger partial charge >= 0.3 is 0 Å². The van der Waals surface area contributed by atoms with E-state index in [-0.39, 0.29) is 5.82 Å². The van der Waals surface area contributed by atoms with Gasteiger partial charge in [-0.2, -0.15) is 0 Å². The summed E-state index contributed by atoms with van der Waals surface area (Å²) in [6.45, 7) is 1.88. The maximum atomic E-state index is 13.2. The SMILES string of the molecule is CNc1nc(-c2ccc(F)cc2C)nc(C2CC2)c1I. The van der Waals surface area contributed by atoms with Crippen LogP contribution in [-0.4, -0.2) is 17.0 Å². The Morgan fingerprint density at radius 1 is 1.30 bits per heavy atom. The Labute approximate surface area is 131 Å². The highest BCUT2D eigenvalue weighted by Crippen LogP contribution is 2.43. The van der Waals surface area contributed by atoms with E-state index in [0.717, 1.165) is 26.2 Å². The second-order valence-corrected chi connectivity index (χ2v) is 6.16. The van der Waals surface area contributed by atoms with Gasteiger partial charge in [-0.1, -0.05) is 0 Å². The number of nitrogens with one attached hydrogen (secondary N) is 1. The highest BCUT2D eigenvalue weighted by atomic mass is 127. The lowest BCUT2D eigenvalue weighted by Crippen LogP contribution is -2.05. The van der Waals surface area contributed by atoms with Crippen LogP contribution >= 0.6 is 22.6 Å². The largest absolute Gasteiger partial charge is 0.372 e. The van der Waals surface area contributed by atoms with E-state index < -0.39 is 0 Å². The predicted octanol–water partition coefficient (Wildman–Crippen LogP) is 4.11. The summed E-state index contributed by atoms with van der Waals surface area (Å²) in [5, 5.41) is 3.13. The number of benzene rings is 1. The average molecular weight is 383 g/mol. The summed E-state index contributed by atoms with van der Waals surface area (Å²) >= 11 is 2.30. The first-order chi connectivity index (χ1) is 9.60. The van der Waals surface area contributed by atoms with E-state index >= 15 is 0 Å². The molecule has 3 rings (SSSR count). The molecule has 1 heterocycles. The van der Waals surface area contributed by atoms with E-state index in [1.54, 1.807) is 6.07 Å². The fourth-order valence-corrected chi connectivity index (χ4v) is 3.21. The number of nitrogens with zero attached hydrogens (tertiary/aromatic N) is 2. The first kappa shape index (κ1) is 13.7. The molecule has 0 aliphatic heterocycles. The smallest absolute Gasteiger partial charge is 0.162 e. The van der Waals surface area contributed by atoms with Crippen LogP contribution in [0, 0.1) is 16.3 Å². The molecule has 0 unspecified atom stereocenters. The highest BCUT2D eigenvalue weighted by Gasteiger charge is 2.29. The second kappa shape index (κ2) is 5.27. The van der Waals surface area contributed by atoms with Crippen LogP contribution < -0.4 is 5.32 Å². The van der Waals surface area contributed by atoms with E-state index in [2.05, 4.69) is 32.9 Å². The third kappa shape index (κ3) is 2.51. The molecule has 0 radical (unpaired) electrons. The van der Waals surface area contributed by atoms with Crippen molar-refractivity contribution in [3.63, 3.8) is 0 Å². The van der Waals surface area contributed by atoms with Crippen LogP contribution in [0.3, 0.4) is 0 Å². The Kier molecular flexibility index (Phi) is 3.62.